The maximum absolute atomic E-state index is 5.57. The van der Waals surface area contributed by atoms with Crippen LogP contribution < -0.4 is 15.4 Å². The maximum atomic E-state index is 5.57. The van der Waals surface area contributed by atoms with E-state index in [4.69, 9.17) is 9.47 Å². The average Bonchev–Trinajstić information content (AvgIpc) is 3.15. The molecule has 0 fully saturated rings. The molecule has 2 aromatic rings. The molecule has 2 N–H and O–H groups in total. The first-order valence-corrected chi connectivity index (χ1v) is 9.36. The summed E-state index contributed by atoms with van der Waals surface area (Å²) in [7, 11) is 1.66. The highest BCUT2D eigenvalue weighted by atomic mass is 16.5. The third kappa shape index (κ3) is 7.26. The van der Waals surface area contributed by atoms with Gasteiger partial charge in [-0.15, -0.1) is 10.2 Å². The van der Waals surface area contributed by atoms with Crippen LogP contribution in [0.1, 0.15) is 25.2 Å². The molecule has 0 atom stereocenters. The predicted octanol–water partition coefficient (Wildman–Crippen LogP) is 1.62. The Morgan fingerprint density at radius 2 is 1.96 bits per heavy atom. The summed E-state index contributed by atoms with van der Waals surface area (Å²) in [6.45, 7) is 8.22. The molecule has 1 heterocycles. The molecule has 27 heavy (non-hydrogen) atoms. The summed E-state index contributed by atoms with van der Waals surface area (Å²) < 4.78 is 12.6. The van der Waals surface area contributed by atoms with E-state index < -0.39 is 0 Å². The van der Waals surface area contributed by atoms with Gasteiger partial charge in [0.25, 0.3) is 0 Å². The van der Waals surface area contributed by atoms with Gasteiger partial charge in [-0.05, 0) is 24.6 Å². The molecular weight excluding hydrogens is 344 g/mol. The Labute approximate surface area is 161 Å². The van der Waals surface area contributed by atoms with Crippen LogP contribution in [0.25, 0.3) is 0 Å². The molecule has 2 rings (SSSR count). The topological polar surface area (TPSA) is 85.6 Å². The predicted molar refractivity (Wildman–Crippen MR) is 106 cm³/mol. The van der Waals surface area contributed by atoms with Crippen LogP contribution in [0, 0.1) is 0 Å². The van der Waals surface area contributed by atoms with E-state index in [1.807, 2.05) is 24.3 Å². The molecule has 0 saturated heterocycles. The number of aryl methyl sites for hydroxylation is 1. The first-order chi connectivity index (χ1) is 13.3. The van der Waals surface area contributed by atoms with E-state index in [0.29, 0.717) is 19.8 Å². The second-order valence-electron chi connectivity index (χ2n) is 5.90. The Hall–Kier alpha value is -2.61. The third-order valence-corrected chi connectivity index (χ3v) is 3.90. The van der Waals surface area contributed by atoms with Crippen LogP contribution in [-0.2, 0) is 24.2 Å². The number of hydrogen-bond acceptors (Lipinski definition) is 5. The van der Waals surface area contributed by atoms with Crippen molar-refractivity contribution < 1.29 is 9.47 Å². The number of aliphatic imine (C=N–C) groups is 1. The van der Waals surface area contributed by atoms with Crippen LogP contribution in [0.15, 0.2) is 35.6 Å². The first kappa shape index (κ1) is 20.7. The van der Waals surface area contributed by atoms with E-state index in [-0.39, 0.29) is 0 Å². The van der Waals surface area contributed by atoms with E-state index in [1.54, 1.807) is 13.4 Å². The lowest BCUT2D eigenvalue weighted by molar-refractivity contribution is 0.146. The van der Waals surface area contributed by atoms with Crippen molar-refractivity contribution in [1.82, 2.24) is 25.4 Å². The maximum Gasteiger partial charge on any atom is 0.191 e. The summed E-state index contributed by atoms with van der Waals surface area (Å²) >= 11 is 0. The minimum absolute atomic E-state index is 0.550. The number of methoxy groups -OCH3 is 1. The van der Waals surface area contributed by atoms with Gasteiger partial charge in [0.2, 0.25) is 0 Å². The second-order valence-corrected chi connectivity index (χ2v) is 5.90. The number of nitrogens with one attached hydrogen (secondary N) is 2. The first-order valence-electron chi connectivity index (χ1n) is 9.36. The fraction of sp³-hybridized carbons (Fsp3) is 0.526. The van der Waals surface area contributed by atoms with Crippen LogP contribution >= 0.6 is 0 Å². The largest absolute Gasteiger partial charge is 0.491 e. The van der Waals surface area contributed by atoms with Gasteiger partial charge in [0.15, 0.2) is 5.96 Å². The van der Waals surface area contributed by atoms with E-state index in [2.05, 4.69) is 44.2 Å². The number of aromatic nitrogens is 3. The normalized spacial score (nSPS) is 11.4. The van der Waals surface area contributed by atoms with Gasteiger partial charge in [-0.3, -0.25) is 0 Å². The molecule has 148 valence electrons. The van der Waals surface area contributed by atoms with Crippen molar-refractivity contribution in [2.24, 2.45) is 4.99 Å². The molecule has 0 unspecified atom stereocenters. The Bertz CT molecular complexity index is 684. The van der Waals surface area contributed by atoms with Gasteiger partial charge in [-0.2, -0.15) is 0 Å². The van der Waals surface area contributed by atoms with Crippen LogP contribution in [0.3, 0.4) is 0 Å². The summed E-state index contributed by atoms with van der Waals surface area (Å²) in [5, 5.41) is 14.7. The number of nitrogens with zero attached hydrogens (tertiary/aromatic N) is 4. The Kier molecular flexibility index (Phi) is 9.12. The van der Waals surface area contributed by atoms with Gasteiger partial charge < -0.3 is 24.7 Å². The molecule has 0 radical (unpaired) electrons. The lowest BCUT2D eigenvalue weighted by atomic mass is 10.2. The minimum Gasteiger partial charge on any atom is -0.491 e. The van der Waals surface area contributed by atoms with Crippen LogP contribution in [0.5, 0.6) is 5.75 Å². The molecule has 0 saturated carbocycles. The summed E-state index contributed by atoms with van der Waals surface area (Å²) in [6.07, 6.45) is 2.64. The highest BCUT2D eigenvalue weighted by Crippen LogP contribution is 2.12. The molecular formula is C19H30N6O2. The van der Waals surface area contributed by atoms with Crippen molar-refractivity contribution in [1.29, 1.82) is 0 Å². The van der Waals surface area contributed by atoms with Crippen molar-refractivity contribution in [2.75, 3.05) is 33.4 Å². The highest BCUT2D eigenvalue weighted by Gasteiger charge is 2.02. The molecule has 0 aliphatic heterocycles. The molecule has 8 nitrogen and oxygen atoms in total. The standard InChI is InChI=1S/C19H30N6O2/c1-4-18-24-23-15-25(18)11-10-21-19(20-5-2)22-14-16-6-8-17(9-7-16)27-13-12-26-3/h6-9,15H,4-5,10-14H2,1-3H3,(H2,20,21,22). The van der Waals surface area contributed by atoms with Gasteiger partial charge in [-0.1, -0.05) is 19.1 Å². The summed E-state index contributed by atoms with van der Waals surface area (Å²) in [4.78, 5) is 4.64. The van der Waals surface area contributed by atoms with Crippen molar-refractivity contribution in [3.8, 4) is 5.75 Å². The fourth-order valence-corrected chi connectivity index (χ4v) is 2.48. The lowest BCUT2D eigenvalue weighted by Crippen LogP contribution is -2.38. The summed E-state index contributed by atoms with van der Waals surface area (Å²) in [5.41, 5.74) is 1.12. The van der Waals surface area contributed by atoms with Crippen LogP contribution in [-0.4, -0.2) is 54.1 Å². The number of hydrogen-bond donors (Lipinski definition) is 2. The van der Waals surface area contributed by atoms with Gasteiger partial charge in [0.05, 0.1) is 13.2 Å². The zero-order valence-corrected chi connectivity index (χ0v) is 16.4. The van der Waals surface area contributed by atoms with E-state index in [0.717, 1.165) is 49.2 Å². The monoisotopic (exact) mass is 374 g/mol. The Balaban J connectivity index is 1.83. The van der Waals surface area contributed by atoms with Crippen LogP contribution in [0.2, 0.25) is 0 Å². The zero-order chi connectivity index (χ0) is 19.3. The SMILES string of the molecule is CCNC(=NCc1ccc(OCCOC)cc1)NCCn1cnnc1CC. The van der Waals surface area contributed by atoms with Crippen molar-refractivity contribution in [3.63, 3.8) is 0 Å². The van der Waals surface area contributed by atoms with Crippen molar-refractivity contribution >= 4 is 5.96 Å². The second kappa shape index (κ2) is 11.9. The number of rotatable bonds is 11. The fourth-order valence-electron chi connectivity index (χ4n) is 2.48. The quantitative estimate of drug-likeness (QED) is 0.353. The molecule has 0 aliphatic carbocycles. The average molecular weight is 374 g/mol. The van der Waals surface area contributed by atoms with Gasteiger partial charge in [0.1, 0.15) is 24.5 Å². The van der Waals surface area contributed by atoms with Gasteiger partial charge in [0, 0.05) is 33.2 Å². The lowest BCUT2D eigenvalue weighted by Gasteiger charge is -2.12. The Morgan fingerprint density at radius 1 is 1.15 bits per heavy atom. The summed E-state index contributed by atoms with van der Waals surface area (Å²) in [5.74, 6) is 2.63. The number of guanidine groups is 1. The number of ether oxygens (including phenoxy) is 2. The van der Waals surface area contributed by atoms with Crippen molar-refractivity contribution in [3.05, 3.63) is 42.0 Å². The Morgan fingerprint density at radius 3 is 2.67 bits per heavy atom. The molecule has 0 amide bonds. The van der Waals surface area contributed by atoms with Crippen molar-refractivity contribution in [2.45, 2.75) is 33.4 Å². The summed E-state index contributed by atoms with van der Waals surface area (Å²) in [6, 6.07) is 7.97. The van der Waals surface area contributed by atoms with E-state index in [9.17, 15) is 0 Å². The minimum atomic E-state index is 0.550. The molecule has 1 aromatic carbocycles. The smallest absolute Gasteiger partial charge is 0.191 e. The zero-order valence-electron chi connectivity index (χ0n) is 16.4. The van der Waals surface area contributed by atoms with E-state index >= 15 is 0 Å². The molecule has 1 aromatic heterocycles. The molecule has 0 spiro atoms. The van der Waals surface area contributed by atoms with Gasteiger partial charge in [-0.25, -0.2) is 4.99 Å². The van der Waals surface area contributed by atoms with Crippen LogP contribution in [0.4, 0.5) is 0 Å². The highest BCUT2D eigenvalue weighted by molar-refractivity contribution is 5.79. The molecule has 0 aliphatic rings. The molecule has 0 bridgehead atoms. The van der Waals surface area contributed by atoms with E-state index in [1.165, 1.54) is 0 Å². The molecule has 8 heteroatoms. The van der Waals surface area contributed by atoms with Gasteiger partial charge >= 0.3 is 0 Å². The third-order valence-electron chi connectivity index (χ3n) is 3.90. The number of benzene rings is 1.